The lowest BCUT2D eigenvalue weighted by Crippen LogP contribution is -2.40. The molecule has 0 aromatic heterocycles. The van der Waals surface area contributed by atoms with E-state index in [0.29, 0.717) is 12.2 Å². The van der Waals surface area contributed by atoms with Crippen molar-refractivity contribution in [2.75, 3.05) is 11.9 Å². The van der Waals surface area contributed by atoms with Crippen LogP contribution in [0.15, 0.2) is 24.3 Å². The lowest BCUT2D eigenvalue weighted by Gasteiger charge is -2.21. The van der Waals surface area contributed by atoms with Gasteiger partial charge < -0.3 is 15.5 Å². The Bertz CT molecular complexity index is 585. The van der Waals surface area contributed by atoms with Crippen LogP contribution >= 0.6 is 0 Å². The third kappa shape index (κ3) is 3.72. The molecule has 1 aromatic carbocycles. The van der Waals surface area contributed by atoms with E-state index in [-0.39, 0.29) is 30.1 Å². The molecule has 8 nitrogen and oxygen atoms in total. The molecule has 3 amide bonds. The fraction of sp³-hybridized carbons (Fsp3) is 0.429. The van der Waals surface area contributed by atoms with Crippen molar-refractivity contribution < 1.29 is 14.5 Å². The van der Waals surface area contributed by atoms with Crippen molar-refractivity contribution in [2.24, 2.45) is 0 Å². The second kappa shape index (κ2) is 6.42. The van der Waals surface area contributed by atoms with E-state index in [1.165, 1.54) is 24.3 Å². The summed E-state index contributed by atoms with van der Waals surface area (Å²) in [7, 11) is 0. The Hall–Kier alpha value is -2.64. The molecule has 0 bridgehead atoms. The first-order chi connectivity index (χ1) is 10.4. The number of nitro groups is 1. The fourth-order valence-corrected chi connectivity index (χ4v) is 2.35. The summed E-state index contributed by atoms with van der Waals surface area (Å²) in [6.45, 7) is 4.35. The van der Waals surface area contributed by atoms with Gasteiger partial charge in [0.1, 0.15) is 0 Å². The van der Waals surface area contributed by atoms with E-state index >= 15 is 0 Å². The van der Waals surface area contributed by atoms with Crippen molar-refractivity contribution in [3.8, 4) is 0 Å². The second-order valence-corrected chi connectivity index (χ2v) is 5.44. The van der Waals surface area contributed by atoms with E-state index in [1.54, 1.807) is 4.90 Å². The monoisotopic (exact) mass is 306 g/mol. The molecular formula is C14H18N4O4. The van der Waals surface area contributed by atoms with Crippen molar-refractivity contribution in [2.45, 2.75) is 32.4 Å². The summed E-state index contributed by atoms with van der Waals surface area (Å²) in [5.74, 6) is 0.0237. The molecule has 8 heteroatoms. The van der Waals surface area contributed by atoms with Crippen LogP contribution in [0, 0.1) is 10.1 Å². The van der Waals surface area contributed by atoms with Gasteiger partial charge in [-0.25, -0.2) is 4.79 Å². The number of nitrogens with one attached hydrogen (secondary N) is 2. The van der Waals surface area contributed by atoms with Gasteiger partial charge in [-0.2, -0.15) is 0 Å². The van der Waals surface area contributed by atoms with Crippen molar-refractivity contribution in [1.29, 1.82) is 0 Å². The number of anilines is 1. The molecule has 1 aliphatic rings. The number of carbonyl (C=O) groups is 2. The average molecular weight is 306 g/mol. The number of benzene rings is 1. The normalized spacial score (nSPS) is 17.7. The number of urea groups is 1. The van der Waals surface area contributed by atoms with Crippen LogP contribution in [0.3, 0.4) is 0 Å². The van der Waals surface area contributed by atoms with E-state index in [9.17, 15) is 19.7 Å². The smallest absolute Gasteiger partial charge is 0.319 e. The number of rotatable bonds is 4. The zero-order chi connectivity index (χ0) is 16.3. The van der Waals surface area contributed by atoms with E-state index in [4.69, 9.17) is 0 Å². The summed E-state index contributed by atoms with van der Waals surface area (Å²) in [4.78, 5) is 35.4. The lowest BCUT2D eigenvalue weighted by molar-refractivity contribution is -0.384. The molecule has 0 spiro atoms. The maximum absolute atomic E-state index is 11.9. The van der Waals surface area contributed by atoms with Gasteiger partial charge in [-0.15, -0.1) is 0 Å². The molecule has 118 valence electrons. The summed E-state index contributed by atoms with van der Waals surface area (Å²) >= 11 is 0. The number of amides is 3. The minimum absolute atomic E-state index is 0.0237. The molecule has 0 aliphatic carbocycles. The Morgan fingerprint density at radius 1 is 1.36 bits per heavy atom. The van der Waals surface area contributed by atoms with Gasteiger partial charge in [-0.3, -0.25) is 14.9 Å². The Morgan fingerprint density at radius 3 is 2.50 bits per heavy atom. The Morgan fingerprint density at radius 2 is 2.00 bits per heavy atom. The van der Waals surface area contributed by atoms with Gasteiger partial charge in [-0.1, -0.05) is 0 Å². The number of carbonyl (C=O) groups excluding carboxylic acids is 2. The molecule has 1 heterocycles. The van der Waals surface area contributed by atoms with Crippen LogP contribution in [-0.4, -0.2) is 40.4 Å². The first kappa shape index (κ1) is 15.7. The molecule has 1 fully saturated rings. The van der Waals surface area contributed by atoms with Gasteiger partial charge in [-0.05, 0) is 26.0 Å². The van der Waals surface area contributed by atoms with Crippen LogP contribution in [0.25, 0.3) is 0 Å². The van der Waals surface area contributed by atoms with Crippen molar-refractivity contribution in [1.82, 2.24) is 10.2 Å². The Labute approximate surface area is 127 Å². The summed E-state index contributed by atoms with van der Waals surface area (Å²) in [6, 6.07) is 4.99. The molecule has 22 heavy (non-hydrogen) atoms. The molecular weight excluding hydrogens is 288 g/mol. The minimum Gasteiger partial charge on any atom is -0.338 e. The highest BCUT2D eigenvalue weighted by atomic mass is 16.6. The highest BCUT2D eigenvalue weighted by molar-refractivity contribution is 5.90. The first-order valence-corrected chi connectivity index (χ1v) is 6.98. The predicted molar refractivity (Wildman–Crippen MR) is 80.5 cm³/mol. The molecule has 0 radical (unpaired) electrons. The zero-order valence-electron chi connectivity index (χ0n) is 12.4. The number of non-ortho nitro benzene ring substituents is 1. The molecule has 1 unspecified atom stereocenters. The van der Waals surface area contributed by atoms with Crippen LogP contribution in [-0.2, 0) is 4.79 Å². The number of hydrogen-bond donors (Lipinski definition) is 2. The maximum atomic E-state index is 11.9. The molecule has 1 aromatic rings. The van der Waals surface area contributed by atoms with Gasteiger partial charge >= 0.3 is 6.03 Å². The van der Waals surface area contributed by atoms with E-state index in [2.05, 4.69) is 10.6 Å². The summed E-state index contributed by atoms with van der Waals surface area (Å²) in [5, 5.41) is 15.9. The number of nitrogens with zero attached hydrogens (tertiary/aromatic N) is 2. The van der Waals surface area contributed by atoms with E-state index in [1.807, 2.05) is 13.8 Å². The summed E-state index contributed by atoms with van der Waals surface area (Å²) in [6.07, 6.45) is 0.284. The third-order valence-electron chi connectivity index (χ3n) is 3.45. The SMILES string of the molecule is CC(C)N1CC(NC(=O)Nc2ccc([N+](=O)[O-])cc2)CC1=O. The number of likely N-dealkylation sites (tertiary alicyclic amines) is 1. The molecule has 2 rings (SSSR count). The van der Waals surface area contributed by atoms with Gasteiger partial charge in [0.2, 0.25) is 5.91 Å². The van der Waals surface area contributed by atoms with Gasteiger partial charge in [0.25, 0.3) is 5.69 Å². The van der Waals surface area contributed by atoms with E-state index < -0.39 is 11.0 Å². The predicted octanol–water partition coefficient (Wildman–Crippen LogP) is 1.73. The highest BCUT2D eigenvalue weighted by Gasteiger charge is 2.31. The number of hydrogen-bond acceptors (Lipinski definition) is 4. The molecule has 2 N–H and O–H groups in total. The van der Waals surface area contributed by atoms with Crippen LogP contribution in [0.4, 0.5) is 16.2 Å². The van der Waals surface area contributed by atoms with Gasteiger partial charge in [0.05, 0.1) is 11.0 Å². The van der Waals surface area contributed by atoms with Crippen LogP contribution in [0.5, 0.6) is 0 Å². The van der Waals surface area contributed by atoms with Crippen LogP contribution in [0.1, 0.15) is 20.3 Å². The van der Waals surface area contributed by atoms with Crippen molar-refractivity contribution in [3.05, 3.63) is 34.4 Å². The molecule has 1 atom stereocenters. The first-order valence-electron chi connectivity index (χ1n) is 6.98. The van der Waals surface area contributed by atoms with Gasteiger partial charge in [0.15, 0.2) is 0 Å². The zero-order valence-corrected chi connectivity index (χ0v) is 12.4. The summed E-state index contributed by atoms with van der Waals surface area (Å²) < 4.78 is 0. The quantitative estimate of drug-likeness (QED) is 0.652. The highest BCUT2D eigenvalue weighted by Crippen LogP contribution is 2.16. The molecule has 1 saturated heterocycles. The molecule has 1 aliphatic heterocycles. The second-order valence-electron chi connectivity index (χ2n) is 5.44. The Kier molecular flexibility index (Phi) is 4.59. The molecule has 0 saturated carbocycles. The van der Waals surface area contributed by atoms with Gasteiger partial charge in [0, 0.05) is 36.8 Å². The lowest BCUT2D eigenvalue weighted by atomic mass is 10.2. The Balaban J connectivity index is 1.88. The van der Waals surface area contributed by atoms with E-state index in [0.717, 1.165) is 0 Å². The fourth-order valence-electron chi connectivity index (χ4n) is 2.35. The number of nitro benzene ring substituents is 1. The van der Waals surface area contributed by atoms with Crippen molar-refractivity contribution in [3.63, 3.8) is 0 Å². The average Bonchev–Trinajstić information content (AvgIpc) is 2.80. The third-order valence-corrected chi connectivity index (χ3v) is 3.45. The van der Waals surface area contributed by atoms with Crippen LogP contribution in [0.2, 0.25) is 0 Å². The topological polar surface area (TPSA) is 105 Å². The maximum Gasteiger partial charge on any atom is 0.319 e. The van der Waals surface area contributed by atoms with Crippen molar-refractivity contribution >= 4 is 23.3 Å². The van der Waals surface area contributed by atoms with Crippen LogP contribution < -0.4 is 10.6 Å². The summed E-state index contributed by atoms with van der Waals surface area (Å²) in [5.41, 5.74) is 0.410. The standard InChI is InChI=1S/C14H18N4O4/c1-9(2)17-8-11(7-13(17)19)16-14(20)15-10-3-5-12(6-4-10)18(21)22/h3-6,9,11H,7-8H2,1-2H3,(H2,15,16,20). The largest absolute Gasteiger partial charge is 0.338 e. The minimum atomic E-state index is -0.505.